The molecule has 2 N–H and O–H groups in total. The summed E-state index contributed by atoms with van der Waals surface area (Å²) < 4.78 is 28.7. The molecule has 114 valence electrons. The third-order valence-electron chi connectivity index (χ3n) is 3.57. The van der Waals surface area contributed by atoms with Crippen molar-refractivity contribution in [3.8, 4) is 0 Å². The van der Waals surface area contributed by atoms with Crippen LogP contribution in [0.25, 0.3) is 21.8 Å². The molecule has 0 saturated carbocycles. The van der Waals surface area contributed by atoms with E-state index < -0.39 is 11.7 Å². The molecule has 0 radical (unpaired) electrons. The summed E-state index contributed by atoms with van der Waals surface area (Å²) in [6.07, 6.45) is 0. The number of hydrogen-bond donors (Lipinski definition) is 1. The van der Waals surface area contributed by atoms with E-state index in [0.717, 1.165) is 13.1 Å². The molecule has 1 aromatic carbocycles. The number of carbonyl (C=O) groups excluding carboxylic acids is 1. The molecule has 0 unspecified atom stereocenters. The lowest BCUT2D eigenvalue weighted by molar-refractivity contribution is 0.0338. The van der Waals surface area contributed by atoms with Gasteiger partial charge < -0.3 is 5.73 Å². The highest BCUT2D eigenvalue weighted by atomic mass is 19.2. The number of rotatable bonds is 1. The number of halogens is 2. The topological polar surface area (TPSA) is 77.0 Å². The van der Waals surface area contributed by atoms with Crippen molar-refractivity contribution in [2.24, 2.45) is 7.05 Å². The molecule has 0 aliphatic heterocycles. The van der Waals surface area contributed by atoms with E-state index in [1.54, 1.807) is 18.7 Å². The Labute approximate surface area is 124 Å². The van der Waals surface area contributed by atoms with E-state index in [0.29, 0.717) is 22.0 Å². The number of amides is 1. The molecule has 22 heavy (non-hydrogen) atoms. The molecule has 8 heteroatoms. The summed E-state index contributed by atoms with van der Waals surface area (Å²) in [4.78, 5) is 15.9. The fourth-order valence-corrected chi connectivity index (χ4v) is 2.63. The molecule has 0 saturated heterocycles. The Kier molecular flexibility index (Phi) is 2.98. The van der Waals surface area contributed by atoms with Gasteiger partial charge in [0.15, 0.2) is 0 Å². The molecular weight excluding hydrogens is 292 g/mol. The van der Waals surface area contributed by atoms with Crippen LogP contribution in [0.15, 0.2) is 12.1 Å². The highest BCUT2D eigenvalue weighted by Crippen LogP contribution is 2.31. The first-order chi connectivity index (χ1) is 10.3. The van der Waals surface area contributed by atoms with Crippen molar-refractivity contribution in [1.82, 2.24) is 19.9 Å². The monoisotopic (exact) mass is 305 g/mol. The lowest BCUT2D eigenvalue weighted by Crippen LogP contribution is -2.19. The summed E-state index contributed by atoms with van der Waals surface area (Å²) in [6.45, 7) is 1.77. The van der Waals surface area contributed by atoms with Crippen molar-refractivity contribution in [1.29, 1.82) is 0 Å². The van der Waals surface area contributed by atoms with Gasteiger partial charge in [0.2, 0.25) is 0 Å². The first-order valence-electron chi connectivity index (χ1n) is 6.47. The molecule has 0 atom stereocenters. The molecule has 0 spiro atoms. The molecule has 0 aliphatic carbocycles. The van der Waals surface area contributed by atoms with E-state index in [1.807, 2.05) is 0 Å². The molecule has 1 amide bonds. The van der Waals surface area contributed by atoms with Crippen LogP contribution in [-0.4, -0.2) is 32.8 Å². The number of nitrogen functional groups attached to an aromatic ring is 1. The smallest absolute Gasteiger partial charge is 0.284 e. The summed E-state index contributed by atoms with van der Waals surface area (Å²) in [5, 5.41) is 5.22. The highest BCUT2D eigenvalue weighted by molar-refractivity contribution is 6.11. The second-order valence-corrected chi connectivity index (χ2v) is 5.06. The number of benzene rings is 1. The van der Waals surface area contributed by atoms with Crippen LogP contribution in [0.4, 0.5) is 14.7 Å². The Morgan fingerprint density at radius 2 is 2.09 bits per heavy atom. The van der Waals surface area contributed by atoms with Gasteiger partial charge in [0.1, 0.15) is 11.6 Å². The maximum Gasteiger partial charge on any atom is 0.284 e. The minimum Gasteiger partial charge on any atom is -0.383 e. The Bertz CT molecular complexity index is 932. The van der Waals surface area contributed by atoms with Gasteiger partial charge in [-0.05, 0) is 13.0 Å². The SMILES string of the molecule is Cc1nn(C)c2c1c(N)nc1cc(F)c(C(=O)N(C)F)cc12. The van der Waals surface area contributed by atoms with Crippen LogP contribution in [0.5, 0.6) is 0 Å². The predicted molar refractivity (Wildman–Crippen MR) is 78.3 cm³/mol. The summed E-state index contributed by atoms with van der Waals surface area (Å²) >= 11 is 0. The lowest BCUT2D eigenvalue weighted by Gasteiger charge is -2.09. The van der Waals surface area contributed by atoms with Crippen LogP contribution >= 0.6 is 0 Å². The maximum absolute atomic E-state index is 14.1. The summed E-state index contributed by atoms with van der Waals surface area (Å²) in [5.41, 5.74) is 7.11. The number of fused-ring (bicyclic) bond motifs is 3. The molecule has 2 heterocycles. The van der Waals surface area contributed by atoms with Crippen LogP contribution < -0.4 is 5.73 Å². The van der Waals surface area contributed by atoms with Crippen molar-refractivity contribution >= 4 is 33.5 Å². The van der Waals surface area contributed by atoms with Gasteiger partial charge in [0, 0.05) is 25.5 Å². The minimum absolute atomic E-state index is 0.166. The normalized spacial score (nSPS) is 11.3. The molecule has 2 aromatic heterocycles. The summed E-state index contributed by atoms with van der Waals surface area (Å²) in [6, 6.07) is 2.35. The fraction of sp³-hybridized carbons (Fsp3) is 0.214. The zero-order chi connectivity index (χ0) is 16.2. The zero-order valence-electron chi connectivity index (χ0n) is 12.2. The number of aromatic nitrogens is 3. The third kappa shape index (κ3) is 1.87. The number of aryl methyl sites for hydroxylation is 2. The second-order valence-electron chi connectivity index (χ2n) is 5.06. The molecule has 3 aromatic rings. The number of nitrogens with two attached hydrogens (primary N) is 1. The van der Waals surface area contributed by atoms with Crippen molar-refractivity contribution in [2.45, 2.75) is 6.92 Å². The van der Waals surface area contributed by atoms with Crippen molar-refractivity contribution in [3.05, 3.63) is 29.2 Å². The van der Waals surface area contributed by atoms with E-state index in [1.165, 1.54) is 6.07 Å². The first kappa shape index (κ1) is 14.2. The van der Waals surface area contributed by atoms with Gasteiger partial charge in [-0.25, -0.2) is 9.37 Å². The van der Waals surface area contributed by atoms with E-state index >= 15 is 0 Å². The van der Waals surface area contributed by atoms with Gasteiger partial charge in [0.25, 0.3) is 5.91 Å². The first-order valence-corrected chi connectivity index (χ1v) is 6.47. The van der Waals surface area contributed by atoms with Gasteiger partial charge in [-0.2, -0.15) is 10.2 Å². The Morgan fingerprint density at radius 1 is 1.41 bits per heavy atom. The van der Waals surface area contributed by atoms with Crippen LogP contribution in [0, 0.1) is 12.7 Å². The standard InChI is InChI=1S/C14H13F2N5O/c1-6-11-12(21(3)19-6)8-4-7(14(22)20(2)16)9(15)5-10(8)18-13(11)17/h4-5H,1-3H3,(H2,17,18). The molecular formula is C14H13F2N5O. The molecule has 0 bridgehead atoms. The van der Waals surface area contributed by atoms with Crippen molar-refractivity contribution in [2.75, 3.05) is 12.8 Å². The fourth-order valence-electron chi connectivity index (χ4n) is 2.63. The van der Waals surface area contributed by atoms with Crippen LogP contribution in [0.2, 0.25) is 0 Å². The number of nitrogens with zero attached hydrogens (tertiary/aromatic N) is 4. The Hall–Kier alpha value is -2.77. The van der Waals surface area contributed by atoms with E-state index in [-0.39, 0.29) is 22.0 Å². The second kappa shape index (κ2) is 4.62. The molecule has 0 fully saturated rings. The summed E-state index contributed by atoms with van der Waals surface area (Å²) in [7, 11) is 2.62. The third-order valence-corrected chi connectivity index (χ3v) is 3.57. The number of hydrogen-bond acceptors (Lipinski definition) is 4. The van der Waals surface area contributed by atoms with Gasteiger partial charge in [-0.1, -0.05) is 4.48 Å². The average Bonchev–Trinajstić information content (AvgIpc) is 2.73. The average molecular weight is 305 g/mol. The van der Waals surface area contributed by atoms with Crippen LogP contribution in [0.1, 0.15) is 16.1 Å². The maximum atomic E-state index is 14.1. The number of carbonyl (C=O) groups is 1. The highest BCUT2D eigenvalue weighted by Gasteiger charge is 2.21. The quantitative estimate of drug-likeness (QED) is 0.699. The minimum atomic E-state index is -1.07. The largest absolute Gasteiger partial charge is 0.383 e. The number of pyridine rings is 1. The number of anilines is 1. The van der Waals surface area contributed by atoms with Gasteiger partial charge >= 0.3 is 0 Å². The molecule has 0 aliphatic rings. The molecule has 3 rings (SSSR count). The van der Waals surface area contributed by atoms with Gasteiger partial charge in [0.05, 0.1) is 27.7 Å². The molecule has 6 nitrogen and oxygen atoms in total. The van der Waals surface area contributed by atoms with Gasteiger partial charge in [-0.15, -0.1) is 0 Å². The Balaban J connectivity index is 2.47. The van der Waals surface area contributed by atoms with Crippen molar-refractivity contribution in [3.63, 3.8) is 0 Å². The zero-order valence-corrected chi connectivity index (χ0v) is 12.2. The lowest BCUT2D eigenvalue weighted by atomic mass is 10.1. The summed E-state index contributed by atoms with van der Waals surface area (Å²) in [5.74, 6) is -1.69. The van der Waals surface area contributed by atoms with Crippen molar-refractivity contribution < 1.29 is 13.7 Å². The van der Waals surface area contributed by atoms with E-state index in [2.05, 4.69) is 10.1 Å². The van der Waals surface area contributed by atoms with E-state index in [9.17, 15) is 13.7 Å². The van der Waals surface area contributed by atoms with Crippen LogP contribution in [0.3, 0.4) is 0 Å². The Morgan fingerprint density at radius 3 is 2.73 bits per heavy atom. The van der Waals surface area contributed by atoms with E-state index in [4.69, 9.17) is 5.73 Å². The predicted octanol–water partition coefficient (Wildman–Crippen LogP) is 2.11. The van der Waals surface area contributed by atoms with Crippen LogP contribution in [-0.2, 0) is 7.05 Å². The van der Waals surface area contributed by atoms with Gasteiger partial charge in [-0.3, -0.25) is 9.48 Å².